The summed E-state index contributed by atoms with van der Waals surface area (Å²) in [6, 6.07) is 18.9. The highest BCUT2D eigenvalue weighted by molar-refractivity contribution is 5.81. The Bertz CT molecular complexity index is 1040. The molecular formula is C19H15N3O2. The quantitative estimate of drug-likeness (QED) is 0.600. The molecule has 0 radical (unpaired) electrons. The fourth-order valence-corrected chi connectivity index (χ4v) is 2.62. The molecule has 2 aromatic heterocycles. The number of anilines is 1. The maximum atomic E-state index is 11.7. The Kier molecular flexibility index (Phi) is 3.59. The van der Waals surface area contributed by atoms with Gasteiger partial charge in [-0.25, -0.2) is 0 Å². The van der Waals surface area contributed by atoms with E-state index in [1.54, 1.807) is 6.20 Å². The molecule has 24 heavy (non-hydrogen) atoms. The highest BCUT2D eigenvalue weighted by atomic mass is 16.5. The highest BCUT2D eigenvalue weighted by Crippen LogP contribution is 2.20. The monoisotopic (exact) mass is 317 g/mol. The maximum Gasteiger partial charge on any atom is 0.189 e. The van der Waals surface area contributed by atoms with Gasteiger partial charge in [0, 0.05) is 35.0 Å². The Labute approximate surface area is 137 Å². The standard InChI is InChI=1S/C19H15N3O2/c23-19-8-9-20-18-10-14(6-7-16(18)19)21-12-15-11-17(22-24-15)13-4-2-1-3-5-13/h1-11,21H,12H2,(H,20,23). The van der Waals surface area contributed by atoms with Crippen molar-refractivity contribution in [2.45, 2.75) is 6.54 Å². The SMILES string of the molecule is O=c1cc[nH]c2cc(NCc3cc(-c4ccccc4)no3)ccc12. The van der Waals surface area contributed by atoms with Crippen molar-refractivity contribution in [3.8, 4) is 11.3 Å². The molecule has 4 rings (SSSR count). The Morgan fingerprint density at radius 2 is 1.92 bits per heavy atom. The number of rotatable bonds is 4. The molecule has 0 aliphatic heterocycles. The van der Waals surface area contributed by atoms with E-state index in [0.717, 1.165) is 28.2 Å². The molecule has 0 spiro atoms. The zero-order valence-electron chi connectivity index (χ0n) is 12.8. The van der Waals surface area contributed by atoms with Crippen LogP contribution in [0.2, 0.25) is 0 Å². The lowest BCUT2D eigenvalue weighted by atomic mass is 10.1. The van der Waals surface area contributed by atoms with Crippen LogP contribution in [-0.4, -0.2) is 10.1 Å². The first-order chi connectivity index (χ1) is 11.8. The molecule has 0 bridgehead atoms. The fourth-order valence-electron chi connectivity index (χ4n) is 2.62. The predicted molar refractivity (Wildman–Crippen MR) is 93.8 cm³/mol. The lowest BCUT2D eigenvalue weighted by Gasteiger charge is -2.05. The molecule has 5 heteroatoms. The topological polar surface area (TPSA) is 70.9 Å². The van der Waals surface area contributed by atoms with Crippen molar-refractivity contribution in [2.75, 3.05) is 5.32 Å². The van der Waals surface area contributed by atoms with Crippen LogP contribution in [0.1, 0.15) is 5.76 Å². The third-order valence-corrected chi connectivity index (χ3v) is 3.85. The minimum Gasteiger partial charge on any atom is -0.378 e. The van der Waals surface area contributed by atoms with E-state index in [-0.39, 0.29) is 5.43 Å². The van der Waals surface area contributed by atoms with Gasteiger partial charge in [-0.3, -0.25) is 4.79 Å². The van der Waals surface area contributed by atoms with Crippen molar-refractivity contribution in [1.29, 1.82) is 0 Å². The molecule has 0 aliphatic carbocycles. The van der Waals surface area contributed by atoms with Crippen LogP contribution in [0.15, 0.2) is 76.2 Å². The zero-order valence-corrected chi connectivity index (χ0v) is 12.8. The van der Waals surface area contributed by atoms with Crippen LogP contribution in [0, 0.1) is 0 Å². The van der Waals surface area contributed by atoms with Crippen LogP contribution in [0.25, 0.3) is 22.2 Å². The van der Waals surface area contributed by atoms with Gasteiger partial charge in [0.15, 0.2) is 11.2 Å². The van der Waals surface area contributed by atoms with Crippen molar-refractivity contribution in [3.63, 3.8) is 0 Å². The van der Waals surface area contributed by atoms with Gasteiger partial charge in [0.05, 0.1) is 12.1 Å². The third kappa shape index (κ3) is 2.79. The number of hydrogen-bond acceptors (Lipinski definition) is 4. The molecule has 0 fully saturated rings. The van der Waals surface area contributed by atoms with Crippen LogP contribution in [0.3, 0.4) is 0 Å². The van der Waals surface area contributed by atoms with E-state index >= 15 is 0 Å². The van der Waals surface area contributed by atoms with Gasteiger partial charge in [-0.05, 0) is 18.2 Å². The molecule has 2 aromatic carbocycles. The van der Waals surface area contributed by atoms with Crippen LogP contribution < -0.4 is 10.7 Å². The van der Waals surface area contributed by atoms with Gasteiger partial charge in [0.1, 0.15) is 5.69 Å². The minimum absolute atomic E-state index is 0.0121. The Balaban J connectivity index is 1.51. The van der Waals surface area contributed by atoms with E-state index in [9.17, 15) is 4.79 Å². The van der Waals surface area contributed by atoms with E-state index < -0.39 is 0 Å². The number of nitrogens with one attached hydrogen (secondary N) is 2. The van der Waals surface area contributed by atoms with Gasteiger partial charge in [-0.15, -0.1) is 0 Å². The van der Waals surface area contributed by atoms with E-state index in [2.05, 4.69) is 15.5 Å². The Hall–Kier alpha value is -3.34. The molecule has 0 saturated carbocycles. The van der Waals surface area contributed by atoms with Gasteiger partial charge in [-0.2, -0.15) is 0 Å². The summed E-state index contributed by atoms with van der Waals surface area (Å²) in [4.78, 5) is 14.8. The van der Waals surface area contributed by atoms with E-state index in [1.165, 1.54) is 6.07 Å². The zero-order chi connectivity index (χ0) is 16.4. The van der Waals surface area contributed by atoms with Gasteiger partial charge in [0.2, 0.25) is 0 Å². The number of fused-ring (bicyclic) bond motifs is 1. The van der Waals surface area contributed by atoms with Crippen molar-refractivity contribution in [3.05, 3.63) is 82.8 Å². The van der Waals surface area contributed by atoms with Gasteiger partial charge < -0.3 is 14.8 Å². The summed E-state index contributed by atoms with van der Waals surface area (Å²) < 4.78 is 5.38. The first-order valence-electron chi connectivity index (χ1n) is 7.66. The van der Waals surface area contributed by atoms with Crippen molar-refractivity contribution in [1.82, 2.24) is 10.1 Å². The summed E-state index contributed by atoms with van der Waals surface area (Å²) in [7, 11) is 0. The summed E-state index contributed by atoms with van der Waals surface area (Å²) in [5.74, 6) is 0.746. The summed E-state index contributed by atoms with van der Waals surface area (Å²) in [6.45, 7) is 0.516. The number of aromatic nitrogens is 2. The van der Waals surface area contributed by atoms with Crippen LogP contribution in [0.5, 0.6) is 0 Å². The molecule has 118 valence electrons. The molecule has 0 unspecified atom stereocenters. The Morgan fingerprint density at radius 1 is 1.04 bits per heavy atom. The fraction of sp³-hybridized carbons (Fsp3) is 0.0526. The number of H-pyrrole nitrogens is 1. The summed E-state index contributed by atoms with van der Waals surface area (Å²) in [5.41, 5.74) is 3.56. The Morgan fingerprint density at radius 3 is 2.79 bits per heavy atom. The van der Waals surface area contributed by atoms with Crippen molar-refractivity contribution >= 4 is 16.6 Å². The number of aromatic amines is 1. The number of hydrogen-bond donors (Lipinski definition) is 2. The molecule has 0 saturated heterocycles. The normalized spacial score (nSPS) is 10.8. The van der Waals surface area contributed by atoms with Gasteiger partial charge >= 0.3 is 0 Å². The molecule has 0 atom stereocenters. The molecule has 2 heterocycles. The second-order valence-electron chi connectivity index (χ2n) is 5.50. The summed E-state index contributed by atoms with van der Waals surface area (Å²) in [5, 5.41) is 8.05. The van der Waals surface area contributed by atoms with E-state index in [0.29, 0.717) is 11.9 Å². The number of benzene rings is 2. The second-order valence-corrected chi connectivity index (χ2v) is 5.50. The first-order valence-corrected chi connectivity index (χ1v) is 7.66. The van der Waals surface area contributed by atoms with Crippen molar-refractivity contribution < 1.29 is 4.52 Å². The van der Waals surface area contributed by atoms with Gasteiger partial charge in [0.25, 0.3) is 0 Å². The van der Waals surface area contributed by atoms with Crippen molar-refractivity contribution in [2.24, 2.45) is 0 Å². The minimum atomic E-state index is 0.0121. The smallest absolute Gasteiger partial charge is 0.189 e. The largest absolute Gasteiger partial charge is 0.378 e. The van der Waals surface area contributed by atoms with Crippen LogP contribution in [0.4, 0.5) is 5.69 Å². The first kappa shape index (κ1) is 14.3. The molecule has 0 aliphatic rings. The molecule has 2 N–H and O–H groups in total. The van der Waals surface area contributed by atoms with Crippen LogP contribution >= 0.6 is 0 Å². The number of pyridine rings is 1. The van der Waals surface area contributed by atoms with E-state index in [4.69, 9.17) is 4.52 Å². The number of nitrogens with zero attached hydrogens (tertiary/aromatic N) is 1. The predicted octanol–water partition coefficient (Wildman–Crippen LogP) is 3.80. The highest BCUT2D eigenvalue weighted by Gasteiger charge is 2.06. The third-order valence-electron chi connectivity index (χ3n) is 3.85. The summed E-state index contributed by atoms with van der Waals surface area (Å²) in [6.07, 6.45) is 1.65. The summed E-state index contributed by atoms with van der Waals surface area (Å²) >= 11 is 0. The second kappa shape index (κ2) is 6.04. The molecular weight excluding hydrogens is 302 g/mol. The lowest BCUT2D eigenvalue weighted by Crippen LogP contribution is -2.02. The molecule has 4 aromatic rings. The van der Waals surface area contributed by atoms with Crippen LogP contribution in [-0.2, 0) is 6.54 Å². The molecule has 5 nitrogen and oxygen atoms in total. The van der Waals surface area contributed by atoms with Gasteiger partial charge in [-0.1, -0.05) is 35.5 Å². The molecule has 0 amide bonds. The maximum absolute atomic E-state index is 11.7. The van der Waals surface area contributed by atoms with E-state index in [1.807, 2.05) is 54.6 Å². The average molecular weight is 317 g/mol. The lowest BCUT2D eigenvalue weighted by molar-refractivity contribution is 0.390. The average Bonchev–Trinajstić information content (AvgIpc) is 3.10.